The number of fused-ring (bicyclic) bond motifs is 2. The lowest BCUT2D eigenvalue weighted by atomic mass is 9.84. The first-order valence-corrected chi connectivity index (χ1v) is 14.3. The van der Waals surface area contributed by atoms with Crippen LogP contribution in [0.2, 0.25) is 10.0 Å². The van der Waals surface area contributed by atoms with Gasteiger partial charge in [-0.25, -0.2) is 4.90 Å². The Bertz CT molecular complexity index is 1660. The number of thioether (sulfide) groups is 1. The number of anilines is 2. The van der Waals surface area contributed by atoms with E-state index < -0.39 is 23.0 Å². The number of hydrogen-bond acceptors (Lipinski definition) is 7. The van der Waals surface area contributed by atoms with Gasteiger partial charge in [0, 0.05) is 38.9 Å². The zero-order chi connectivity index (χ0) is 27.3. The van der Waals surface area contributed by atoms with Crippen molar-refractivity contribution in [3.8, 4) is 0 Å². The summed E-state index contributed by atoms with van der Waals surface area (Å²) in [7, 11) is 0. The SMILES string of the molecule is O=C(Cn1c2c(sc1=O)[C@@H](c1cccnc1)[C@@H]1C(=O)N(c3ccc(Cl)cc3)C(=O)[C@@H]1S2)Nc1ccc(Cl)cc1. The van der Waals surface area contributed by atoms with Crippen molar-refractivity contribution >= 4 is 75.4 Å². The lowest BCUT2D eigenvalue weighted by Gasteiger charge is -2.30. The van der Waals surface area contributed by atoms with Crippen LogP contribution in [0.3, 0.4) is 0 Å². The summed E-state index contributed by atoms with van der Waals surface area (Å²) in [6.07, 6.45) is 3.27. The third-order valence-corrected chi connectivity index (χ3v) is 9.72. The van der Waals surface area contributed by atoms with Crippen LogP contribution in [-0.2, 0) is 20.9 Å². The number of pyridine rings is 1. The fraction of sp³-hybridized carbons (Fsp3) is 0.148. The van der Waals surface area contributed by atoms with Crippen LogP contribution >= 0.6 is 46.3 Å². The minimum absolute atomic E-state index is 0.250. The number of halogens is 2. The number of imide groups is 1. The van der Waals surface area contributed by atoms with Crippen molar-refractivity contribution in [1.82, 2.24) is 9.55 Å². The van der Waals surface area contributed by atoms with E-state index in [9.17, 15) is 19.2 Å². The molecule has 0 unspecified atom stereocenters. The maximum atomic E-state index is 13.8. The summed E-state index contributed by atoms with van der Waals surface area (Å²) in [6.45, 7) is -0.250. The first-order chi connectivity index (χ1) is 18.8. The smallest absolute Gasteiger partial charge is 0.308 e. The van der Waals surface area contributed by atoms with Crippen molar-refractivity contribution in [1.29, 1.82) is 0 Å². The lowest BCUT2D eigenvalue weighted by molar-refractivity contribution is -0.122. The molecule has 0 radical (unpaired) electrons. The molecule has 196 valence electrons. The number of nitrogens with one attached hydrogen (secondary N) is 1. The third kappa shape index (κ3) is 4.67. The van der Waals surface area contributed by atoms with Crippen molar-refractivity contribution in [3.05, 3.63) is 103 Å². The van der Waals surface area contributed by atoms with E-state index in [0.29, 0.717) is 36.9 Å². The van der Waals surface area contributed by atoms with Gasteiger partial charge in [0.25, 0.3) is 0 Å². The summed E-state index contributed by atoms with van der Waals surface area (Å²) in [6, 6.07) is 16.7. The largest absolute Gasteiger partial charge is 0.325 e. The van der Waals surface area contributed by atoms with Crippen LogP contribution in [-0.4, -0.2) is 32.5 Å². The van der Waals surface area contributed by atoms with E-state index >= 15 is 0 Å². The fourth-order valence-corrected chi connectivity index (χ4v) is 7.92. The molecule has 1 saturated heterocycles. The second kappa shape index (κ2) is 10.3. The second-order valence-electron chi connectivity index (χ2n) is 9.00. The van der Waals surface area contributed by atoms with Gasteiger partial charge in [-0.05, 0) is 60.2 Å². The molecule has 0 bridgehead atoms. The summed E-state index contributed by atoms with van der Waals surface area (Å²) in [5.41, 5.74) is 1.68. The molecule has 1 N–H and O–H groups in total. The number of carbonyl (C=O) groups is 3. The summed E-state index contributed by atoms with van der Waals surface area (Å²) >= 11 is 14.1. The molecule has 4 heterocycles. The van der Waals surface area contributed by atoms with Crippen LogP contribution in [0.5, 0.6) is 0 Å². The van der Waals surface area contributed by atoms with Gasteiger partial charge < -0.3 is 5.32 Å². The zero-order valence-electron chi connectivity index (χ0n) is 19.9. The molecular formula is C27H18Cl2N4O4S2. The van der Waals surface area contributed by atoms with Crippen molar-refractivity contribution in [2.45, 2.75) is 22.7 Å². The highest BCUT2D eigenvalue weighted by Gasteiger charge is 2.56. The van der Waals surface area contributed by atoms with Crippen molar-refractivity contribution in [2.24, 2.45) is 5.92 Å². The Morgan fingerprint density at radius 3 is 2.31 bits per heavy atom. The average molecular weight is 598 g/mol. The Hall–Kier alpha value is -3.44. The Kier molecular flexibility index (Phi) is 6.80. The van der Waals surface area contributed by atoms with Gasteiger partial charge in [-0.2, -0.15) is 0 Å². The monoisotopic (exact) mass is 596 g/mol. The predicted octanol–water partition coefficient (Wildman–Crippen LogP) is 5.05. The average Bonchev–Trinajstić information content (AvgIpc) is 3.37. The fourth-order valence-electron chi connectivity index (χ4n) is 4.90. The third-order valence-electron chi connectivity index (χ3n) is 6.61. The first kappa shape index (κ1) is 25.8. The molecule has 12 heteroatoms. The quantitative estimate of drug-likeness (QED) is 0.324. The van der Waals surface area contributed by atoms with Gasteiger partial charge in [0.2, 0.25) is 17.7 Å². The van der Waals surface area contributed by atoms with Crippen molar-refractivity contribution in [3.63, 3.8) is 0 Å². The molecule has 3 atom stereocenters. The van der Waals surface area contributed by atoms with E-state index in [-0.39, 0.29) is 23.2 Å². The summed E-state index contributed by atoms with van der Waals surface area (Å²) < 4.78 is 1.37. The molecule has 2 aromatic heterocycles. The van der Waals surface area contributed by atoms with Gasteiger partial charge >= 0.3 is 4.87 Å². The number of amides is 3. The number of aromatic nitrogens is 2. The summed E-state index contributed by atoms with van der Waals surface area (Å²) in [5.74, 6) is -2.46. The van der Waals surface area contributed by atoms with Crippen molar-refractivity contribution in [2.75, 3.05) is 10.2 Å². The molecule has 3 amide bonds. The van der Waals surface area contributed by atoms with E-state index in [4.69, 9.17) is 23.2 Å². The highest BCUT2D eigenvalue weighted by atomic mass is 35.5. The molecule has 1 fully saturated rings. The lowest BCUT2D eigenvalue weighted by Crippen LogP contribution is -2.33. The zero-order valence-corrected chi connectivity index (χ0v) is 23.1. The molecule has 0 aliphatic carbocycles. The summed E-state index contributed by atoms with van der Waals surface area (Å²) in [4.78, 5) is 59.3. The van der Waals surface area contributed by atoms with Gasteiger partial charge in [-0.3, -0.25) is 28.7 Å². The van der Waals surface area contributed by atoms with E-state index in [1.165, 1.54) is 9.47 Å². The molecule has 8 nitrogen and oxygen atoms in total. The molecule has 4 aromatic rings. The number of benzene rings is 2. The Morgan fingerprint density at radius 1 is 0.949 bits per heavy atom. The minimum atomic E-state index is -0.787. The van der Waals surface area contributed by atoms with Gasteiger partial charge in [-0.15, -0.1) is 0 Å². The maximum Gasteiger partial charge on any atom is 0.308 e. The van der Waals surface area contributed by atoms with Crippen LogP contribution < -0.4 is 15.1 Å². The highest BCUT2D eigenvalue weighted by molar-refractivity contribution is 8.00. The van der Waals surface area contributed by atoms with Gasteiger partial charge in [0.05, 0.1) is 16.6 Å². The normalized spacial score (nSPS) is 20.1. The predicted molar refractivity (Wildman–Crippen MR) is 152 cm³/mol. The molecule has 2 aliphatic heterocycles. The van der Waals surface area contributed by atoms with E-state index in [1.54, 1.807) is 67.0 Å². The number of rotatable bonds is 5. The molecular weight excluding hydrogens is 579 g/mol. The summed E-state index contributed by atoms with van der Waals surface area (Å²) in [5, 5.41) is 3.51. The molecule has 0 saturated carbocycles. The van der Waals surface area contributed by atoms with Gasteiger partial charge in [0.15, 0.2) is 0 Å². The van der Waals surface area contributed by atoms with E-state index in [2.05, 4.69) is 10.3 Å². The van der Waals surface area contributed by atoms with Crippen molar-refractivity contribution < 1.29 is 14.4 Å². The molecule has 2 aliphatic rings. The van der Waals surface area contributed by atoms with Crippen LogP contribution in [0.25, 0.3) is 0 Å². The maximum absolute atomic E-state index is 13.8. The first-order valence-electron chi connectivity index (χ1n) is 11.8. The van der Waals surface area contributed by atoms with Gasteiger partial charge in [-0.1, -0.05) is 52.4 Å². The molecule has 39 heavy (non-hydrogen) atoms. The second-order valence-corrected chi connectivity index (χ2v) is 12.0. The standard InChI is InChI=1S/C27H18Cl2N4O4S2/c28-15-3-7-17(8-4-15)31-19(34)13-32-26-23(39-27(32)37)20(14-2-1-11-30-12-14)21-22(38-26)25(36)33(24(21)35)18-9-5-16(29)6-10-18/h1-12,20-22H,13H2,(H,31,34)/t20-,21-,22+/m0/s1. The number of carbonyl (C=O) groups excluding carboxylic acids is 3. The Morgan fingerprint density at radius 2 is 1.64 bits per heavy atom. The molecule has 6 rings (SSSR count). The minimum Gasteiger partial charge on any atom is -0.325 e. The number of nitrogens with zero attached hydrogens (tertiary/aromatic N) is 3. The van der Waals surface area contributed by atoms with Crippen LogP contribution in [0, 0.1) is 5.92 Å². The van der Waals surface area contributed by atoms with E-state index in [0.717, 1.165) is 23.1 Å². The van der Waals surface area contributed by atoms with E-state index in [1.807, 2.05) is 6.07 Å². The topological polar surface area (TPSA) is 101 Å². The Balaban J connectivity index is 1.39. The highest BCUT2D eigenvalue weighted by Crippen LogP contribution is 2.53. The Labute approximate surface area is 240 Å². The van der Waals surface area contributed by atoms with Crippen LogP contribution in [0.1, 0.15) is 16.4 Å². The van der Waals surface area contributed by atoms with Gasteiger partial charge in [0.1, 0.15) is 11.8 Å². The number of thiazole rings is 1. The molecule has 0 spiro atoms. The van der Waals surface area contributed by atoms with Crippen LogP contribution in [0.15, 0.2) is 82.9 Å². The number of hydrogen-bond donors (Lipinski definition) is 1. The van der Waals surface area contributed by atoms with Crippen LogP contribution in [0.4, 0.5) is 11.4 Å². The molecule has 2 aromatic carbocycles.